The number of β-amino-alcohol motifs (C(OH)–C–C–N with tert-alkyl or cyclic N) is 1. The zero-order valence-corrected chi connectivity index (χ0v) is 21.1. The molecule has 2 saturated carbocycles. The number of likely N-dealkylation sites (tertiary alicyclic amines) is 1. The summed E-state index contributed by atoms with van der Waals surface area (Å²) in [6.07, 6.45) is 4.56. The summed E-state index contributed by atoms with van der Waals surface area (Å²) in [5.74, 6) is -0.436. The Kier molecular flexibility index (Phi) is 7.63. The van der Waals surface area contributed by atoms with Crippen molar-refractivity contribution in [3.8, 4) is 0 Å². The minimum Gasteiger partial charge on any atom is -0.391 e. The fraction of sp³-hybridized carbons (Fsp3) is 0.731. The number of amides is 1. The van der Waals surface area contributed by atoms with Crippen molar-refractivity contribution in [3.05, 3.63) is 18.6 Å². The van der Waals surface area contributed by atoms with Gasteiger partial charge in [0.15, 0.2) is 0 Å². The summed E-state index contributed by atoms with van der Waals surface area (Å²) in [5.41, 5.74) is 6.11. The smallest absolute Gasteiger partial charge is 0.391 e. The lowest BCUT2D eigenvalue weighted by atomic mass is 9.80. The number of aliphatic hydroxyl groups excluding tert-OH is 1. The molecular formula is C26H37F3N6O2. The molecule has 204 valence electrons. The average molecular weight is 523 g/mol. The number of fused-ring (bicyclic) bond motifs is 1. The van der Waals surface area contributed by atoms with Gasteiger partial charge in [-0.15, -0.1) is 0 Å². The quantitative estimate of drug-likeness (QED) is 0.552. The Hall–Kier alpha value is -2.40. The van der Waals surface area contributed by atoms with E-state index in [1.165, 1.54) is 0 Å². The summed E-state index contributed by atoms with van der Waals surface area (Å²) < 4.78 is 41.5. The number of alkyl halides is 3. The Morgan fingerprint density at radius 2 is 1.89 bits per heavy atom. The molecular weight excluding hydrogens is 485 g/mol. The van der Waals surface area contributed by atoms with Gasteiger partial charge < -0.3 is 20.3 Å². The van der Waals surface area contributed by atoms with Gasteiger partial charge in [0.25, 0.3) is 0 Å². The van der Waals surface area contributed by atoms with Crippen LogP contribution >= 0.6 is 0 Å². The van der Waals surface area contributed by atoms with E-state index in [0.717, 1.165) is 49.1 Å². The minimum absolute atomic E-state index is 0.0321. The van der Waals surface area contributed by atoms with Crippen LogP contribution < -0.4 is 10.6 Å². The molecule has 2 atom stereocenters. The van der Waals surface area contributed by atoms with Gasteiger partial charge in [-0.1, -0.05) is 0 Å². The first-order valence-corrected chi connectivity index (χ1v) is 13.5. The Balaban J connectivity index is 1.30. The second-order valence-corrected chi connectivity index (χ2v) is 11.2. The summed E-state index contributed by atoms with van der Waals surface area (Å²) in [7, 11) is 0. The van der Waals surface area contributed by atoms with E-state index in [1.807, 2.05) is 17.2 Å². The molecule has 2 aromatic rings. The normalized spacial score (nSPS) is 27.8. The number of nitrogens with two attached hydrogens (primary N) is 1. The molecule has 0 aromatic carbocycles. The highest BCUT2D eigenvalue weighted by molar-refractivity contribution is 5.88. The first-order chi connectivity index (χ1) is 17.7. The van der Waals surface area contributed by atoms with Crippen LogP contribution in [0.15, 0.2) is 18.6 Å². The molecule has 0 spiro atoms. The number of anilines is 1. The van der Waals surface area contributed by atoms with Gasteiger partial charge in [0.1, 0.15) is 17.8 Å². The van der Waals surface area contributed by atoms with Gasteiger partial charge in [-0.2, -0.15) is 13.2 Å². The predicted molar refractivity (Wildman–Crippen MR) is 134 cm³/mol. The predicted octanol–water partition coefficient (Wildman–Crippen LogP) is 3.33. The van der Waals surface area contributed by atoms with Gasteiger partial charge in [0.2, 0.25) is 5.91 Å². The summed E-state index contributed by atoms with van der Waals surface area (Å²) in [5, 5.41) is 11.7. The summed E-state index contributed by atoms with van der Waals surface area (Å²) in [6, 6.07) is 2.38. The molecule has 0 bridgehead atoms. The van der Waals surface area contributed by atoms with E-state index >= 15 is 0 Å². The van der Waals surface area contributed by atoms with E-state index in [0.29, 0.717) is 38.5 Å². The second kappa shape index (κ2) is 10.8. The number of primary amides is 1. The van der Waals surface area contributed by atoms with Crippen molar-refractivity contribution in [1.29, 1.82) is 0 Å². The maximum absolute atomic E-state index is 13.2. The van der Waals surface area contributed by atoms with Crippen LogP contribution in [0.1, 0.15) is 51.4 Å². The van der Waals surface area contributed by atoms with Gasteiger partial charge in [-0.05, 0) is 69.9 Å². The van der Waals surface area contributed by atoms with Gasteiger partial charge >= 0.3 is 6.18 Å². The van der Waals surface area contributed by atoms with E-state index in [-0.39, 0.29) is 31.2 Å². The van der Waals surface area contributed by atoms with Crippen LogP contribution in [0, 0.1) is 17.8 Å². The molecule has 1 saturated heterocycles. The Labute approximate surface area is 215 Å². The first-order valence-electron chi connectivity index (χ1n) is 13.5. The highest BCUT2D eigenvalue weighted by atomic mass is 19.4. The number of hydrogen-bond donors (Lipinski definition) is 2. The second-order valence-electron chi connectivity index (χ2n) is 11.2. The Morgan fingerprint density at radius 3 is 2.51 bits per heavy atom. The number of nitrogens with zero attached hydrogens (tertiary/aromatic N) is 5. The van der Waals surface area contributed by atoms with Crippen LogP contribution in [0.3, 0.4) is 0 Å². The molecule has 0 radical (unpaired) electrons. The maximum Gasteiger partial charge on any atom is 0.391 e. The molecule has 3 N–H and O–H groups in total. The number of piperidine rings is 1. The van der Waals surface area contributed by atoms with Crippen molar-refractivity contribution < 1.29 is 23.1 Å². The van der Waals surface area contributed by atoms with E-state index in [2.05, 4.69) is 19.4 Å². The maximum atomic E-state index is 13.2. The average Bonchev–Trinajstić information content (AvgIpc) is 3.21. The number of halogens is 3. The fourth-order valence-electron chi connectivity index (χ4n) is 6.30. The Bertz CT molecular complexity index is 1080. The van der Waals surface area contributed by atoms with Crippen molar-refractivity contribution >= 4 is 22.8 Å². The van der Waals surface area contributed by atoms with Crippen molar-refractivity contribution in [2.75, 3.05) is 31.1 Å². The number of carbonyl (C=O) groups is 1. The molecule has 1 amide bonds. The van der Waals surface area contributed by atoms with E-state index < -0.39 is 24.1 Å². The van der Waals surface area contributed by atoms with Crippen molar-refractivity contribution in [2.24, 2.45) is 23.5 Å². The van der Waals surface area contributed by atoms with Crippen LogP contribution in [0.4, 0.5) is 19.0 Å². The number of hydrogen-bond acceptors (Lipinski definition) is 6. The number of rotatable bonds is 8. The minimum atomic E-state index is -4.09. The molecule has 3 aliphatic rings. The number of aromatic nitrogens is 3. The molecule has 37 heavy (non-hydrogen) atoms. The largest absolute Gasteiger partial charge is 0.391 e. The lowest BCUT2D eigenvalue weighted by Gasteiger charge is -2.42. The monoisotopic (exact) mass is 522 g/mol. The standard InChI is InChI=1S/C26H37F3N6O2/c27-26(28,29)19-6-4-17(5-7-19)12-35(20-2-1-3-20)25-21-9-11-34(24(21)31-16-32-25)13-18-8-10-33(14-22(18)36)15-23(30)37/h9,11,16-20,22,36H,1-8,10,12-15H2,(H2,30,37)/t17?,18-,19?,22+/m1/s1. The van der Waals surface area contributed by atoms with Crippen LogP contribution in [-0.4, -0.2) is 74.9 Å². The van der Waals surface area contributed by atoms with E-state index in [9.17, 15) is 23.1 Å². The molecule has 0 unspecified atom stereocenters. The van der Waals surface area contributed by atoms with Gasteiger partial charge in [0.05, 0.1) is 24.0 Å². The van der Waals surface area contributed by atoms with Crippen LogP contribution in [0.5, 0.6) is 0 Å². The molecule has 3 heterocycles. The Morgan fingerprint density at radius 1 is 1.14 bits per heavy atom. The highest BCUT2D eigenvalue weighted by Crippen LogP contribution is 2.41. The van der Waals surface area contributed by atoms with Crippen molar-refractivity contribution in [2.45, 2.75) is 76.2 Å². The molecule has 3 fully saturated rings. The van der Waals surface area contributed by atoms with Gasteiger partial charge in [0, 0.05) is 37.8 Å². The van der Waals surface area contributed by atoms with E-state index in [1.54, 1.807) is 6.33 Å². The summed E-state index contributed by atoms with van der Waals surface area (Å²) >= 11 is 0. The fourth-order valence-corrected chi connectivity index (χ4v) is 6.30. The van der Waals surface area contributed by atoms with Gasteiger partial charge in [-0.25, -0.2) is 9.97 Å². The van der Waals surface area contributed by atoms with Crippen LogP contribution in [-0.2, 0) is 11.3 Å². The van der Waals surface area contributed by atoms with Crippen molar-refractivity contribution in [3.63, 3.8) is 0 Å². The number of carbonyl (C=O) groups excluding carboxylic acids is 1. The first kappa shape index (κ1) is 26.2. The van der Waals surface area contributed by atoms with Gasteiger partial charge in [-0.3, -0.25) is 9.69 Å². The zero-order valence-electron chi connectivity index (χ0n) is 21.1. The third kappa shape index (κ3) is 5.87. The molecule has 8 nitrogen and oxygen atoms in total. The van der Waals surface area contributed by atoms with Crippen LogP contribution in [0.2, 0.25) is 0 Å². The van der Waals surface area contributed by atoms with E-state index in [4.69, 9.17) is 5.73 Å². The summed E-state index contributed by atoms with van der Waals surface area (Å²) in [6.45, 7) is 2.61. The molecule has 5 rings (SSSR count). The zero-order chi connectivity index (χ0) is 26.2. The molecule has 2 aliphatic carbocycles. The lowest BCUT2D eigenvalue weighted by Crippen LogP contribution is -2.47. The summed E-state index contributed by atoms with van der Waals surface area (Å²) in [4.78, 5) is 24.7. The topological polar surface area (TPSA) is 101 Å². The lowest BCUT2D eigenvalue weighted by molar-refractivity contribution is -0.183. The third-order valence-electron chi connectivity index (χ3n) is 8.70. The molecule has 11 heteroatoms. The highest BCUT2D eigenvalue weighted by Gasteiger charge is 2.42. The SMILES string of the molecule is NC(=O)CN1CC[C@H](Cn2ccc3c(N(CC4CCC(C(F)(F)F)CC4)C4CCC4)ncnc32)[C@@H](O)C1. The third-order valence-corrected chi connectivity index (χ3v) is 8.70. The number of aliphatic hydroxyl groups is 1. The molecule has 2 aromatic heterocycles. The molecule has 1 aliphatic heterocycles. The van der Waals surface area contributed by atoms with Crippen molar-refractivity contribution in [1.82, 2.24) is 19.4 Å². The van der Waals surface area contributed by atoms with Crippen LogP contribution in [0.25, 0.3) is 11.0 Å².